The van der Waals surface area contributed by atoms with E-state index in [0.29, 0.717) is 13.0 Å². The Morgan fingerprint density at radius 1 is 1.47 bits per heavy atom. The van der Waals surface area contributed by atoms with Crippen LogP contribution in [-0.4, -0.2) is 23.5 Å². The fourth-order valence-electron chi connectivity index (χ4n) is 2.06. The van der Waals surface area contributed by atoms with Crippen LogP contribution in [0.4, 0.5) is 0 Å². The number of benzene rings is 1. The number of amides is 1. The van der Waals surface area contributed by atoms with Crippen molar-refractivity contribution in [2.75, 3.05) is 6.54 Å². The van der Waals surface area contributed by atoms with Gasteiger partial charge in [0, 0.05) is 23.6 Å². The van der Waals surface area contributed by atoms with Crippen molar-refractivity contribution in [2.24, 2.45) is 5.73 Å². The molecule has 1 aromatic carbocycles. The minimum Gasteiger partial charge on any atom is -0.361 e. The molecule has 4 heteroatoms. The summed E-state index contributed by atoms with van der Waals surface area (Å²) in [6.45, 7) is 4.20. The van der Waals surface area contributed by atoms with Crippen LogP contribution in [-0.2, 0) is 11.2 Å². The van der Waals surface area contributed by atoms with Gasteiger partial charge in [-0.1, -0.05) is 24.3 Å². The zero-order valence-electron chi connectivity index (χ0n) is 10.9. The summed E-state index contributed by atoms with van der Waals surface area (Å²) >= 11 is 0. The molecule has 1 aromatic heterocycles. The number of carbonyl (C=O) groups is 1. The number of aromatic amines is 1. The lowest BCUT2D eigenvalue weighted by Crippen LogP contribution is -2.42. The summed E-state index contributed by atoms with van der Waals surface area (Å²) in [5.74, 6) is -0.118. The van der Waals surface area contributed by atoms with E-state index in [9.17, 15) is 4.79 Å². The van der Waals surface area contributed by atoms with E-state index in [2.05, 4.69) is 16.9 Å². The maximum absolute atomic E-state index is 11.8. The summed E-state index contributed by atoms with van der Waals surface area (Å²) in [7, 11) is 0. The van der Waals surface area contributed by atoms with E-state index in [1.54, 1.807) is 6.08 Å². The first kappa shape index (κ1) is 13.4. The molecule has 1 heterocycles. The van der Waals surface area contributed by atoms with Gasteiger partial charge in [0.15, 0.2) is 0 Å². The first-order chi connectivity index (χ1) is 9.22. The van der Waals surface area contributed by atoms with Crippen molar-refractivity contribution >= 4 is 16.8 Å². The van der Waals surface area contributed by atoms with Crippen LogP contribution in [0, 0.1) is 0 Å². The highest BCUT2D eigenvalue weighted by atomic mass is 16.2. The van der Waals surface area contributed by atoms with Crippen molar-refractivity contribution in [2.45, 2.75) is 18.9 Å². The maximum atomic E-state index is 11.8. The largest absolute Gasteiger partial charge is 0.361 e. The monoisotopic (exact) mass is 257 g/mol. The Kier molecular flexibility index (Phi) is 4.36. The van der Waals surface area contributed by atoms with Gasteiger partial charge in [0.25, 0.3) is 0 Å². The molecule has 0 aliphatic carbocycles. The van der Waals surface area contributed by atoms with Crippen LogP contribution in [0.25, 0.3) is 10.9 Å². The van der Waals surface area contributed by atoms with Gasteiger partial charge in [-0.25, -0.2) is 0 Å². The highest BCUT2D eigenvalue weighted by Crippen LogP contribution is 2.18. The van der Waals surface area contributed by atoms with Crippen molar-refractivity contribution in [3.05, 3.63) is 48.7 Å². The number of nitrogens with one attached hydrogen (secondary N) is 2. The zero-order chi connectivity index (χ0) is 13.7. The van der Waals surface area contributed by atoms with E-state index in [0.717, 1.165) is 22.9 Å². The van der Waals surface area contributed by atoms with Gasteiger partial charge in [0.05, 0.1) is 6.04 Å². The zero-order valence-corrected chi connectivity index (χ0v) is 10.9. The van der Waals surface area contributed by atoms with Crippen LogP contribution >= 0.6 is 0 Å². The fraction of sp³-hybridized carbons (Fsp3) is 0.267. The number of para-hydroxylation sites is 1. The van der Waals surface area contributed by atoms with Crippen LogP contribution in [0.1, 0.15) is 12.0 Å². The van der Waals surface area contributed by atoms with E-state index in [4.69, 9.17) is 5.73 Å². The van der Waals surface area contributed by atoms with Crippen LogP contribution in [0.2, 0.25) is 0 Å². The number of hydrogen-bond acceptors (Lipinski definition) is 2. The molecule has 1 amide bonds. The van der Waals surface area contributed by atoms with Crippen molar-refractivity contribution in [1.82, 2.24) is 10.3 Å². The quantitative estimate of drug-likeness (QED) is 0.545. The first-order valence-corrected chi connectivity index (χ1v) is 6.41. The van der Waals surface area contributed by atoms with E-state index in [1.165, 1.54) is 0 Å². The Morgan fingerprint density at radius 3 is 3.05 bits per heavy atom. The third-order valence-electron chi connectivity index (χ3n) is 3.10. The highest BCUT2D eigenvalue weighted by molar-refractivity contribution is 5.86. The van der Waals surface area contributed by atoms with Gasteiger partial charge >= 0.3 is 0 Å². The Bertz CT molecular complexity index is 574. The topological polar surface area (TPSA) is 70.9 Å². The first-order valence-electron chi connectivity index (χ1n) is 6.41. The summed E-state index contributed by atoms with van der Waals surface area (Å²) in [6, 6.07) is 7.47. The molecule has 4 N–H and O–H groups in total. The normalized spacial score (nSPS) is 12.3. The van der Waals surface area contributed by atoms with Crippen molar-refractivity contribution in [3.63, 3.8) is 0 Å². The molecule has 19 heavy (non-hydrogen) atoms. The second-order valence-electron chi connectivity index (χ2n) is 4.54. The number of fused-ring (bicyclic) bond motifs is 1. The number of carbonyl (C=O) groups excluding carboxylic acids is 1. The molecule has 1 unspecified atom stereocenters. The van der Waals surface area contributed by atoms with Crippen LogP contribution in [0.15, 0.2) is 43.1 Å². The second-order valence-corrected chi connectivity index (χ2v) is 4.54. The van der Waals surface area contributed by atoms with Gasteiger partial charge in [0.2, 0.25) is 5.91 Å². The lowest BCUT2D eigenvalue weighted by Gasteiger charge is -2.11. The van der Waals surface area contributed by atoms with Gasteiger partial charge in [0.1, 0.15) is 0 Å². The van der Waals surface area contributed by atoms with Gasteiger partial charge in [-0.2, -0.15) is 0 Å². The molecule has 4 nitrogen and oxygen atoms in total. The average molecular weight is 257 g/mol. The average Bonchev–Trinajstić information content (AvgIpc) is 2.82. The molecule has 2 rings (SSSR count). The fourth-order valence-corrected chi connectivity index (χ4v) is 2.06. The smallest absolute Gasteiger partial charge is 0.237 e. The molecule has 0 fully saturated rings. The van der Waals surface area contributed by atoms with Gasteiger partial charge in [-0.05, 0) is 24.5 Å². The minimum absolute atomic E-state index is 0.118. The molecule has 0 aliphatic heterocycles. The molecule has 100 valence electrons. The van der Waals surface area contributed by atoms with Crippen molar-refractivity contribution in [3.8, 4) is 0 Å². The molecule has 0 radical (unpaired) electrons. The second kappa shape index (κ2) is 6.20. The van der Waals surface area contributed by atoms with Crippen LogP contribution in [0.5, 0.6) is 0 Å². The minimum atomic E-state index is -0.524. The molecule has 2 aromatic rings. The number of rotatable bonds is 6. The van der Waals surface area contributed by atoms with E-state index in [1.807, 2.05) is 30.5 Å². The summed E-state index contributed by atoms with van der Waals surface area (Å²) in [5.41, 5.74) is 8.07. The molecule has 0 saturated carbocycles. The Labute approximate surface area is 112 Å². The maximum Gasteiger partial charge on any atom is 0.237 e. The number of H-pyrrole nitrogens is 1. The summed E-state index contributed by atoms with van der Waals surface area (Å²) in [5, 5.41) is 3.92. The molecular formula is C15H19N3O. The van der Waals surface area contributed by atoms with Gasteiger partial charge in [-0.3, -0.25) is 4.79 Å². The Morgan fingerprint density at radius 2 is 2.26 bits per heavy atom. The van der Waals surface area contributed by atoms with Crippen LogP contribution in [0.3, 0.4) is 0 Å². The van der Waals surface area contributed by atoms with E-state index >= 15 is 0 Å². The van der Waals surface area contributed by atoms with Crippen molar-refractivity contribution in [1.29, 1.82) is 0 Å². The van der Waals surface area contributed by atoms with Crippen molar-refractivity contribution < 1.29 is 4.79 Å². The lowest BCUT2D eigenvalue weighted by molar-refractivity contribution is -0.122. The molecule has 0 saturated heterocycles. The molecule has 1 atom stereocenters. The van der Waals surface area contributed by atoms with Crippen LogP contribution < -0.4 is 11.1 Å². The van der Waals surface area contributed by atoms with Gasteiger partial charge < -0.3 is 16.0 Å². The lowest BCUT2D eigenvalue weighted by atomic mass is 10.1. The van der Waals surface area contributed by atoms with Gasteiger partial charge in [-0.15, -0.1) is 6.58 Å². The van der Waals surface area contributed by atoms with E-state index in [-0.39, 0.29) is 5.91 Å². The molecular weight excluding hydrogens is 238 g/mol. The third kappa shape index (κ3) is 3.23. The highest BCUT2D eigenvalue weighted by Gasteiger charge is 2.15. The summed E-state index contributed by atoms with van der Waals surface area (Å²) < 4.78 is 0. The summed E-state index contributed by atoms with van der Waals surface area (Å²) in [6.07, 6.45) is 4.97. The standard InChI is InChI=1S/C15H19N3O/c1-2-3-8-17-15(19)13(16)9-11-10-18-14-7-5-4-6-12(11)14/h2,4-7,10,13,18H,1,3,8-9,16H2,(H,17,19). The molecule has 0 spiro atoms. The molecule has 0 bridgehead atoms. The SMILES string of the molecule is C=CCCNC(=O)C(N)Cc1c[nH]c2ccccc12. The molecule has 0 aliphatic rings. The number of aromatic nitrogens is 1. The predicted molar refractivity (Wildman–Crippen MR) is 77.8 cm³/mol. The Hall–Kier alpha value is -2.07. The Balaban J connectivity index is 2.00. The third-order valence-corrected chi connectivity index (χ3v) is 3.10. The number of nitrogens with two attached hydrogens (primary N) is 1. The number of hydrogen-bond donors (Lipinski definition) is 3. The predicted octanol–water partition coefficient (Wildman–Crippen LogP) is 1.73. The summed E-state index contributed by atoms with van der Waals surface area (Å²) in [4.78, 5) is 15.0. The van der Waals surface area contributed by atoms with E-state index < -0.39 is 6.04 Å².